The number of halogens is 1. The highest BCUT2D eigenvalue weighted by atomic mass is 35.5. The largest absolute Gasteiger partial charge is 0.354 e. The van der Waals surface area contributed by atoms with Crippen molar-refractivity contribution in [3.05, 3.63) is 33.6 Å². The SMILES string of the molecule is Cc1nc([C@@H](C)n2ccnc2-c2sc(N(C)C)nc2Cl)cs1. The summed E-state index contributed by atoms with van der Waals surface area (Å²) in [6.07, 6.45) is 3.75. The molecular formula is C14H16ClN5S2. The Labute approximate surface area is 142 Å². The molecule has 0 aliphatic carbocycles. The molecule has 3 rings (SSSR count). The average molecular weight is 354 g/mol. The molecule has 3 heterocycles. The number of rotatable bonds is 4. The zero-order valence-electron chi connectivity index (χ0n) is 12.7. The number of imidazole rings is 1. The number of nitrogens with zero attached hydrogens (tertiary/aromatic N) is 5. The second-order valence-corrected chi connectivity index (χ2v) is 7.53. The molecule has 5 nitrogen and oxygen atoms in total. The highest BCUT2D eigenvalue weighted by Crippen LogP contribution is 2.37. The molecule has 0 saturated heterocycles. The lowest BCUT2D eigenvalue weighted by Gasteiger charge is -2.13. The fourth-order valence-corrected chi connectivity index (χ4v) is 4.05. The first-order chi connectivity index (χ1) is 10.5. The molecule has 0 saturated carbocycles. The van der Waals surface area contributed by atoms with E-state index in [1.54, 1.807) is 17.5 Å². The van der Waals surface area contributed by atoms with Crippen molar-refractivity contribution in [3.8, 4) is 10.7 Å². The van der Waals surface area contributed by atoms with Crippen LogP contribution in [0.5, 0.6) is 0 Å². The second kappa shape index (κ2) is 5.98. The summed E-state index contributed by atoms with van der Waals surface area (Å²) in [5.74, 6) is 0.828. The van der Waals surface area contributed by atoms with E-state index in [9.17, 15) is 0 Å². The molecule has 0 unspecified atom stereocenters. The summed E-state index contributed by atoms with van der Waals surface area (Å²) in [7, 11) is 3.90. The van der Waals surface area contributed by atoms with E-state index in [4.69, 9.17) is 11.6 Å². The molecule has 116 valence electrons. The van der Waals surface area contributed by atoms with Crippen LogP contribution in [0.3, 0.4) is 0 Å². The summed E-state index contributed by atoms with van der Waals surface area (Å²) >= 11 is 9.51. The van der Waals surface area contributed by atoms with E-state index >= 15 is 0 Å². The van der Waals surface area contributed by atoms with Crippen LogP contribution in [0.1, 0.15) is 23.7 Å². The molecule has 1 atom stereocenters. The maximum Gasteiger partial charge on any atom is 0.186 e. The van der Waals surface area contributed by atoms with E-state index in [2.05, 4.69) is 31.8 Å². The van der Waals surface area contributed by atoms with Crippen LogP contribution in [0.4, 0.5) is 5.13 Å². The standard InChI is InChI=1S/C14H16ClN5S2/c1-8(10-7-21-9(2)17-10)20-6-5-16-13(20)11-12(15)18-14(22-11)19(3)4/h5-8H,1-4H3/t8-/m1/s1. The molecule has 0 aliphatic heterocycles. The van der Waals surface area contributed by atoms with Gasteiger partial charge >= 0.3 is 0 Å². The minimum atomic E-state index is 0.100. The van der Waals surface area contributed by atoms with Gasteiger partial charge in [0.25, 0.3) is 0 Å². The first-order valence-electron chi connectivity index (χ1n) is 6.76. The fourth-order valence-electron chi connectivity index (χ4n) is 2.14. The fraction of sp³-hybridized carbons (Fsp3) is 0.357. The van der Waals surface area contributed by atoms with Crippen LogP contribution in [0.25, 0.3) is 10.7 Å². The van der Waals surface area contributed by atoms with Gasteiger partial charge in [0, 0.05) is 31.9 Å². The Morgan fingerprint density at radius 2 is 2.09 bits per heavy atom. The molecule has 0 bridgehead atoms. The van der Waals surface area contributed by atoms with E-state index in [1.165, 1.54) is 11.3 Å². The van der Waals surface area contributed by atoms with Crippen LogP contribution < -0.4 is 4.90 Å². The summed E-state index contributed by atoms with van der Waals surface area (Å²) in [5.41, 5.74) is 1.04. The number of thiazole rings is 2. The minimum Gasteiger partial charge on any atom is -0.354 e. The van der Waals surface area contributed by atoms with Crippen molar-refractivity contribution >= 4 is 39.4 Å². The van der Waals surface area contributed by atoms with Gasteiger partial charge in [-0.25, -0.2) is 15.0 Å². The molecule has 8 heteroatoms. The molecular weight excluding hydrogens is 338 g/mol. The summed E-state index contributed by atoms with van der Waals surface area (Å²) in [4.78, 5) is 16.3. The summed E-state index contributed by atoms with van der Waals surface area (Å²) in [5, 5.41) is 4.51. The van der Waals surface area contributed by atoms with Crippen molar-refractivity contribution in [2.45, 2.75) is 19.9 Å². The van der Waals surface area contributed by atoms with Crippen LogP contribution in [0.15, 0.2) is 17.8 Å². The van der Waals surface area contributed by atoms with Crippen molar-refractivity contribution < 1.29 is 0 Å². The Morgan fingerprint density at radius 1 is 1.32 bits per heavy atom. The van der Waals surface area contributed by atoms with Crippen molar-refractivity contribution in [3.63, 3.8) is 0 Å². The van der Waals surface area contributed by atoms with E-state index in [-0.39, 0.29) is 6.04 Å². The van der Waals surface area contributed by atoms with Crippen LogP contribution in [0, 0.1) is 6.92 Å². The Balaban J connectivity index is 2.02. The van der Waals surface area contributed by atoms with E-state index in [1.807, 2.05) is 32.1 Å². The molecule has 0 aromatic carbocycles. The Morgan fingerprint density at radius 3 is 2.68 bits per heavy atom. The molecule has 22 heavy (non-hydrogen) atoms. The minimum absolute atomic E-state index is 0.100. The lowest BCUT2D eigenvalue weighted by molar-refractivity contribution is 0.630. The Kier molecular flexibility index (Phi) is 4.20. The first-order valence-corrected chi connectivity index (χ1v) is 8.83. The molecule has 0 fully saturated rings. The van der Waals surface area contributed by atoms with Gasteiger partial charge in [0.05, 0.1) is 16.7 Å². The highest BCUT2D eigenvalue weighted by Gasteiger charge is 2.21. The topological polar surface area (TPSA) is 46.8 Å². The first kappa shape index (κ1) is 15.5. The van der Waals surface area contributed by atoms with E-state index in [0.29, 0.717) is 5.15 Å². The van der Waals surface area contributed by atoms with Gasteiger partial charge in [0.15, 0.2) is 16.1 Å². The number of hydrogen-bond acceptors (Lipinski definition) is 6. The summed E-state index contributed by atoms with van der Waals surface area (Å²) in [6, 6.07) is 0.100. The van der Waals surface area contributed by atoms with Gasteiger partial charge in [0.2, 0.25) is 0 Å². The molecule has 0 N–H and O–H groups in total. The van der Waals surface area contributed by atoms with Crippen LogP contribution in [-0.4, -0.2) is 33.6 Å². The smallest absolute Gasteiger partial charge is 0.186 e. The van der Waals surface area contributed by atoms with Gasteiger partial charge in [-0.05, 0) is 13.8 Å². The molecule has 0 radical (unpaired) electrons. The molecule has 3 aromatic rings. The molecule has 0 amide bonds. The third kappa shape index (κ3) is 2.76. The van der Waals surface area contributed by atoms with Gasteiger partial charge in [0.1, 0.15) is 4.88 Å². The van der Waals surface area contributed by atoms with Crippen LogP contribution >= 0.6 is 34.3 Å². The predicted molar refractivity (Wildman–Crippen MR) is 93.3 cm³/mol. The molecule has 0 spiro atoms. The summed E-state index contributed by atoms with van der Waals surface area (Å²) in [6.45, 7) is 4.13. The third-order valence-electron chi connectivity index (χ3n) is 3.31. The Bertz CT molecular complexity index is 789. The predicted octanol–water partition coefficient (Wildman–Crippen LogP) is 4.10. The highest BCUT2D eigenvalue weighted by molar-refractivity contribution is 7.19. The summed E-state index contributed by atoms with van der Waals surface area (Å²) < 4.78 is 2.09. The normalized spacial score (nSPS) is 12.6. The zero-order valence-corrected chi connectivity index (χ0v) is 15.1. The molecule has 0 aliphatic rings. The lowest BCUT2D eigenvalue weighted by Crippen LogP contribution is -2.08. The number of anilines is 1. The maximum atomic E-state index is 6.31. The van der Waals surface area contributed by atoms with Gasteiger partial charge in [-0.2, -0.15) is 0 Å². The van der Waals surface area contributed by atoms with Crippen molar-refractivity contribution in [1.82, 2.24) is 19.5 Å². The van der Waals surface area contributed by atoms with Gasteiger partial charge < -0.3 is 9.47 Å². The van der Waals surface area contributed by atoms with Crippen molar-refractivity contribution in [1.29, 1.82) is 0 Å². The lowest BCUT2D eigenvalue weighted by atomic mass is 10.2. The van der Waals surface area contributed by atoms with Crippen molar-refractivity contribution in [2.75, 3.05) is 19.0 Å². The number of hydrogen-bond donors (Lipinski definition) is 0. The zero-order chi connectivity index (χ0) is 15.9. The van der Waals surface area contributed by atoms with E-state index in [0.717, 1.165) is 26.5 Å². The van der Waals surface area contributed by atoms with Gasteiger partial charge in [-0.3, -0.25) is 0 Å². The van der Waals surface area contributed by atoms with E-state index < -0.39 is 0 Å². The van der Waals surface area contributed by atoms with Gasteiger partial charge in [-0.15, -0.1) is 11.3 Å². The van der Waals surface area contributed by atoms with Crippen LogP contribution in [0.2, 0.25) is 5.15 Å². The third-order valence-corrected chi connectivity index (χ3v) is 5.71. The van der Waals surface area contributed by atoms with Crippen LogP contribution in [-0.2, 0) is 0 Å². The molecule has 3 aromatic heterocycles. The number of aromatic nitrogens is 4. The monoisotopic (exact) mass is 353 g/mol. The van der Waals surface area contributed by atoms with Gasteiger partial charge in [-0.1, -0.05) is 22.9 Å². The maximum absolute atomic E-state index is 6.31. The quantitative estimate of drug-likeness (QED) is 0.708. The average Bonchev–Trinajstić information content (AvgIpc) is 3.16. The second-order valence-electron chi connectivity index (χ2n) is 5.14. The Hall–Kier alpha value is -1.44. The van der Waals surface area contributed by atoms with Crippen molar-refractivity contribution in [2.24, 2.45) is 0 Å². The number of aryl methyl sites for hydroxylation is 1.